The number of nitrogens with zero attached hydrogens (tertiary/aromatic N) is 1. The number of aryl methyl sites for hydroxylation is 1. The second-order valence-corrected chi connectivity index (χ2v) is 5.08. The normalized spacial score (nSPS) is 10.7. The van der Waals surface area contributed by atoms with E-state index in [-0.39, 0.29) is 5.91 Å². The fourth-order valence-corrected chi connectivity index (χ4v) is 2.09. The highest BCUT2D eigenvalue weighted by Gasteiger charge is 2.11. The number of methoxy groups -OCH3 is 1. The Morgan fingerprint density at radius 2 is 2.00 bits per heavy atom. The van der Waals surface area contributed by atoms with Gasteiger partial charge in [0.1, 0.15) is 5.75 Å². The summed E-state index contributed by atoms with van der Waals surface area (Å²) in [7, 11) is 1.50. The molecule has 2 aromatic carbocycles. The van der Waals surface area contributed by atoms with Gasteiger partial charge in [0.25, 0.3) is 5.91 Å². The van der Waals surface area contributed by atoms with Crippen molar-refractivity contribution in [2.45, 2.75) is 13.3 Å². The monoisotopic (exact) mass is 316 g/mol. The third kappa shape index (κ3) is 4.09. The lowest BCUT2D eigenvalue weighted by Gasteiger charge is -2.07. The van der Waals surface area contributed by atoms with Gasteiger partial charge in [-0.1, -0.05) is 42.8 Å². The van der Waals surface area contributed by atoms with Gasteiger partial charge in [-0.15, -0.1) is 0 Å². The molecule has 0 bridgehead atoms. The number of benzene rings is 2. The molecule has 0 heterocycles. The van der Waals surface area contributed by atoms with Crippen LogP contribution in [0.15, 0.2) is 47.6 Å². The van der Waals surface area contributed by atoms with Gasteiger partial charge in [0, 0.05) is 5.02 Å². The number of hydrogen-bond donors (Lipinski definition) is 1. The maximum atomic E-state index is 12.1. The molecule has 2 aromatic rings. The number of hydrogen-bond acceptors (Lipinski definition) is 3. The van der Waals surface area contributed by atoms with Crippen molar-refractivity contribution in [3.63, 3.8) is 0 Å². The number of rotatable bonds is 5. The molecule has 0 radical (unpaired) electrons. The Morgan fingerprint density at radius 3 is 2.64 bits per heavy atom. The van der Waals surface area contributed by atoms with E-state index >= 15 is 0 Å². The largest absolute Gasteiger partial charge is 0.496 e. The van der Waals surface area contributed by atoms with Crippen molar-refractivity contribution in [3.05, 3.63) is 64.2 Å². The summed E-state index contributed by atoms with van der Waals surface area (Å²) in [5.74, 6) is 0.0742. The van der Waals surface area contributed by atoms with Gasteiger partial charge in [0.05, 0.1) is 18.9 Å². The molecular formula is C17H17ClN2O2. The van der Waals surface area contributed by atoms with E-state index in [1.165, 1.54) is 12.7 Å². The molecule has 0 spiro atoms. The van der Waals surface area contributed by atoms with E-state index in [2.05, 4.69) is 17.5 Å². The van der Waals surface area contributed by atoms with Crippen LogP contribution in [0.1, 0.15) is 28.4 Å². The minimum atomic E-state index is -0.374. The molecular weight excluding hydrogens is 300 g/mol. The summed E-state index contributed by atoms with van der Waals surface area (Å²) in [5.41, 5.74) is 4.98. The van der Waals surface area contributed by atoms with Crippen molar-refractivity contribution >= 4 is 23.7 Å². The topological polar surface area (TPSA) is 50.7 Å². The highest BCUT2D eigenvalue weighted by molar-refractivity contribution is 6.31. The zero-order chi connectivity index (χ0) is 15.9. The highest BCUT2D eigenvalue weighted by Crippen LogP contribution is 2.22. The standard InChI is InChI=1S/C17H17ClN2O2/c1-3-12-4-6-13(7-5-12)11-19-20-17(21)15-10-14(18)8-9-16(15)22-2/h4-11H,3H2,1-2H3,(H,20,21)/b19-11+. The van der Waals surface area contributed by atoms with Gasteiger partial charge in [0.2, 0.25) is 0 Å². The Balaban J connectivity index is 2.05. The molecule has 0 aliphatic rings. The fourth-order valence-electron chi connectivity index (χ4n) is 1.92. The number of carbonyl (C=O) groups excluding carboxylic acids is 1. The molecule has 0 saturated heterocycles. The zero-order valence-corrected chi connectivity index (χ0v) is 13.2. The van der Waals surface area contributed by atoms with Crippen molar-refractivity contribution < 1.29 is 9.53 Å². The lowest BCUT2D eigenvalue weighted by Crippen LogP contribution is -2.18. The van der Waals surface area contributed by atoms with Crippen LogP contribution in [0.25, 0.3) is 0 Å². The maximum absolute atomic E-state index is 12.1. The van der Waals surface area contributed by atoms with E-state index in [0.29, 0.717) is 16.3 Å². The number of ether oxygens (including phenoxy) is 1. The van der Waals surface area contributed by atoms with E-state index in [1.807, 2.05) is 24.3 Å². The molecule has 114 valence electrons. The number of halogens is 1. The van der Waals surface area contributed by atoms with Gasteiger partial charge in [-0.25, -0.2) is 5.43 Å². The summed E-state index contributed by atoms with van der Waals surface area (Å²) >= 11 is 5.90. The Labute approximate surface area is 134 Å². The smallest absolute Gasteiger partial charge is 0.275 e. The Bertz CT molecular complexity index is 682. The van der Waals surface area contributed by atoms with Gasteiger partial charge >= 0.3 is 0 Å². The Morgan fingerprint density at radius 1 is 1.27 bits per heavy atom. The molecule has 0 unspecified atom stereocenters. The van der Waals surface area contributed by atoms with Gasteiger partial charge in [0.15, 0.2) is 0 Å². The van der Waals surface area contributed by atoms with Crippen LogP contribution in [-0.2, 0) is 6.42 Å². The molecule has 0 fully saturated rings. The number of hydrazone groups is 1. The first-order valence-electron chi connectivity index (χ1n) is 6.90. The first-order valence-corrected chi connectivity index (χ1v) is 7.27. The number of nitrogens with one attached hydrogen (secondary N) is 1. The van der Waals surface area contributed by atoms with Crippen LogP contribution in [0, 0.1) is 0 Å². The third-order valence-electron chi connectivity index (χ3n) is 3.17. The van der Waals surface area contributed by atoms with Crippen LogP contribution < -0.4 is 10.2 Å². The number of amides is 1. The van der Waals surface area contributed by atoms with Crippen LogP contribution >= 0.6 is 11.6 Å². The van der Waals surface area contributed by atoms with Crippen molar-refractivity contribution in [2.75, 3.05) is 7.11 Å². The summed E-state index contributed by atoms with van der Waals surface area (Å²) in [6.07, 6.45) is 2.58. The van der Waals surface area contributed by atoms with Crippen molar-refractivity contribution in [1.82, 2.24) is 5.43 Å². The van der Waals surface area contributed by atoms with Crippen LogP contribution in [0.4, 0.5) is 0 Å². The Kier molecular flexibility index (Phi) is 5.55. The number of carbonyl (C=O) groups is 1. The van der Waals surface area contributed by atoms with Gasteiger partial charge < -0.3 is 4.74 Å². The van der Waals surface area contributed by atoms with Crippen molar-refractivity contribution in [1.29, 1.82) is 0 Å². The second-order valence-electron chi connectivity index (χ2n) is 4.64. The molecule has 0 aromatic heterocycles. The zero-order valence-electron chi connectivity index (χ0n) is 12.5. The van der Waals surface area contributed by atoms with E-state index < -0.39 is 0 Å². The molecule has 5 heteroatoms. The minimum absolute atomic E-state index is 0.341. The first kappa shape index (κ1) is 16.0. The van der Waals surface area contributed by atoms with Crippen LogP contribution in [-0.4, -0.2) is 19.2 Å². The van der Waals surface area contributed by atoms with Crippen molar-refractivity contribution in [3.8, 4) is 5.75 Å². The molecule has 4 nitrogen and oxygen atoms in total. The van der Waals surface area contributed by atoms with Gasteiger partial charge in [-0.3, -0.25) is 4.79 Å². The van der Waals surface area contributed by atoms with Crippen molar-refractivity contribution in [2.24, 2.45) is 5.10 Å². The van der Waals surface area contributed by atoms with E-state index in [4.69, 9.17) is 16.3 Å². The molecule has 0 atom stereocenters. The molecule has 0 aliphatic heterocycles. The van der Waals surface area contributed by atoms with E-state index in [9.17, 15) is 4.79 Å². The molecule has 1 amide bonds. The highest BCUT2D eigenvalue weighted by atomic mass is 35.5. The van der Waals surface area contributed by atoms with Crippen LogP contribution in [0.5, 0.6) is 5.75 Å². The second kappa shape index (κ2) is 7.61. The van der Waals surface area contributed by atoms with Gasteiger partial charge in [-0.2, -0.15) is 5.10 Å². The van der Waals surface area contributed by atoms with Crippen LogP contribution in [0.3, 0.4) is 0 Å². The predicted octanol–water partition coefficient (Wildman–Crippen LogP) is 3.67. The molecule has 0 saturated carbocycles. The summed E-state index contributed by atoms with van der Waals surface area (Å²) in [6.45, 7) is 2.10. The molecule has 0 aliphatic carbocycles. The summed E-state index contributed by atoms with van der Waals surface area (Å²) in [5, 5.41) is 4.42. The quantitative estimate of drug-likeness (QED) is 0.676. The average Bonchev–Trinajstić information content (AvgIpc) is 2.55. The van der Waals surface area contributed by atoms with E-state index in [0.717, 1.165) is 12.0 Å². The third-order valence-corrected chi connectivity index (χ3v) is 3.41. The van der Waals surface area contributed by atoms with Crippen LogP contribution in [0.2, 0.25) is 5.02 Å². The lowest BCUT2D eigenvalue weighted by molar-refractivity contribution is 0.0952. The lowest BCUT2D eigenvalue weighted by atomic mass is 10.1. The van der Waals surface area contributed by atoms with Gasteiger partial charge in [-0.05, 0) is 35.7 Å². The average molecular weight is 317 g/mol. The Hall–Kier alpha value is -2.33. The summed E-state index contributed by atoms with van der Waals surface area (Å²) < 4.78 is 5.14. The first-order chi connectivity index (χ1) is 10.6. The summed E-state index contributed by atoms with van der Waals surface area (Å²) in [4.78, 5) is 12.1. The molecule has 1 N–H and O–H groups in total. The summed E-state index contributed by atoms with van der Waals surface area (Å²) in [6, 6.07) is 12.8. The molecule has 2 rings (SSSR count). The minimum Gasteiger partial charge on any atom is -0.496 e. The fraction of sp³-hybridized carbons (Fsp3) is 0.176. The maximum Gasteiger partial charge on any atom is 0.275 e. The van der Waals surface area contributed by atoms with E-state index in [1.54, 1.807) is 24.4 Å². The SMILES string of the molecule is CCc1ccc(/C=N/NC(=O)c2cc(Cl)ccc2OC)cc1. The molecule has 22 heavy (non-hydrogen) atoms. The predicted molar refractivity (Wildman–Crippen MR) is 88.9 cm³/mol.